The second kappa shape index (κ2) is 10.5. The monoisotopic (exact) mass is 600 g/mol. The average molecular weight is 602 g/mol. The summed E-state index contributed by atoms with van der Waals surface area (Å²) in [4.78, 5) is 3.64. The molecule has 1 aromatic heterocycles. The molecule has 1 saturated carbocycles. The first-order valence-corrected chi connectivity index (χ1v) is 15.5. The van der Waals surface area contributed by atoms with E-state index in [1.165, 1.54) is 12.1 Å². The van der Waals surface area contributed by atoms with Gasteiger partial charge in [-0.25, -0.2) is 0 Å². The first-order chi connectivity index (χ1) is 14.8. The van der Waals surface area contributed by atoms with Crippen LogP contribution >= 0.6 is 46.1 Å². The van der Waals surface area contributed by atoms with Gasteiger partial charge in [-0.1, -0.05) is 0 Å². The number of benzene rings is 1. The topological polar surface area (TPSA) is 24.9 Å². The minimum absolute atomic E-state index is 0.0199. The number of aromatic nitrogens is 1. The van der Waals surface area contributed by atoms with E-state index in [9.17, 15) is 26.3 Å². The number of rotatable bonds is 9. The van der Waals surface area contributed by atoms with Gasteiger partial charge in [0.2, 0.25) is 0 Å². The van der Waals surface area contributed by atoms with Gasteiger partial charge in [-0.2, -0.15) is 0 Å². The van der Waals surface area contributed by atoms with Gasteiger partial charge in [0.15, 0.2) is 0 Å². The number of hydrogen-bond acceptors (Lipinski definition) is 3. The molecule has 0 aliphatic heterocycles. The molecule has 1 atom stereocenters. The maximum atomic E-state index is 13.6. The van der Waals surface area contributed by atoms with Crippen LogP contribution in [0, 0.1) is 5.92 Å². The number of alkyl halides is 6. The van der Waals surface area contributed by atoms with Crippen molar-refractivity contribution in [3.63, 3.8) is 0 Å². The van der Waals surface area contributed by atoms with E-state index < -0.39 is 39.1 Å². The van der Waals surface area contributed by atoms with Crippen LogP contribution in [0.2, 0.25) is 25.5 Å². The number of halogens is 9. The van der Waals surface area contributed by atoms with Crippen LogP contribution < -0.4 is 5.32 Å². The van der Waals surface area contributed by atoms with Gasteiger partial charge in [-0.05, 0) is 0 Å². The normalized spacial score (nSPS) is 15.8. The molecule has 1 aliphatic carbocycles. The molecule has 0 saturated heterocycles. The van der Waals surface area contributed by atoms with Crippen molar-refractivity contribution in [2.45, 2.75) is 53.7 Å². The third-order valence-electron chi connectivity index (χ3n) is 4.83. The summed E-state index contributed by atoms with van der Waals surface area (Å²) in [5.74, 6) is 0.507. The third-order valence-corrected chi connectivity index (χ3v) is 12.4. The predicted octanol–water partition coefficient (Wildman–Crippen LogP) is 9.19. The zero-order valence-electron chi connectivity index (χ0n) is 16.4. The van der Waals surface area contributed by atoms with E-state index in [1.807, 2.05) is 0 Å². The number of hydrogen-bond donors (Lipinski definition) is 1. The van der Waals surface area contributed by atoms with Crippen LogP contribution in [0.1, 0.15) is 36.3 Å². The molecule has 1 aromatic carbocycles. The summed E-state index contributed by atoms with van der Waals surface area (Å²) in [6, 6.07) is 2.77. The second-order valence-corrected chi connectivity index (χ2v) is 15.2. The van der Waals surface area contributed by atoms with E-state index in [-0.39, 0.29) is 41.2 Å². The fourth-order valence-corrected chi connectivity index (χ4v) is 11.2. The van der Waals surface area contributed by atoms with E-state index in [4.69, 9.17) is 34.8 Å². The summed E-state index contributed by atoms with van der Waals surface area (Å²) < 4.78 is 79.3. The molecule has 0 amide bonds. The van der Waals surface area contributed by atoms with E-state index in [2.05, 4.69) is 10.3 Å². The number of nitrogens with zero attached hydrogens (tertiary/aromatic N) is 1. The Hall–Kier alpha value is -0.342. The Labute approximate surface area is 204 Å². The van der Waals surface area contributed by atoms with Crippen LogP contribution in [0.4, 0.5) is 37.2 Å². The van der Waals surface area contributed by atoms with Crippen LogP contribution in [0.3, 0.4) is 0 Å². The fraction of sp³-hybridized carbons (Fsp3) is 0.526. The Bertz CT molecular complexity index is 923. The Morgan fingerprint density at radius 3 is 2.19 bits per heavy atom. The zero-order valence-corrected chi connectivity index (χ0v) is 21.3. The quantitative estimate of drug-likeness (QED) is 0.229. The standard InChI is InChI=1S/C19H18AsCl3F6N2S/c21-11-7-12(22)15(13(23)8-11)30-17-31-16(19(27,28)29)14(32-17)9-20(5-3-10-1-2-10)6-4-18(24,25)26/h7-8,10H,1-6,9H2,(H,30,31). The molecule has 2 aromatic rings. The minimum atomic E-state index is -4.72. The molecule has 1 aliphatic rings. The van der Waals surface area contributed by atoms with Crippen molar-refractivity contribution in [3.05, 3.63) is 37.8 Å². The van der Waals surface area contributed by atoms with Crippen molar-refractivity contribution in [2.75, 3.05) is 5.32 Å². The summed E-state index contributed by atoms with van der Waals surface area (Å²) in [5, 5.41) is 3.65. The van der Waals surface area contributed by atoms with Crippen LogP contribution in [0.15, 0.2) is 12.1 Å². The summed E-state index contributed by atoms with van der Waals surface area (Å²) in [6.45, 7) is 0. The molecule has 0 radical (unpaired) electrons. The van der Waals surface area contributed by atoms with Crippen molar-refractivity contribution in [1.29, 1.82) is 0 Å². The molecule has 0 bridgehead atoms. The first kappa shape index (κ1) is 26.3. The summed E-state index contributed by atoms with van der Waals surface area (Å²) in [7, 11) is 0. The van der Waals surface area contributed by atoms with Crippen molar-refractivity contribution < 1.29 is 26.3 Å². The molecule has 1 fully saturated rings. The Kier molecular flexibility index (Phi) is 8.63. The molecular formula is C19H18AsCl3F6N2S. The molecule has 178 valence electrons. The SMILES string of the molecule is FC(F)(F)CC[As](CCC1CC1)Cc1sc(Nc2c(Cl)cc(Cl)cc2Cl)nc1C(F)(F)F. The van der Waals surface area contributed by atoms with Gasteiger partial charge in [-0.3, -0.25) is 0 Å². The Morgan fingerprint density at radius 1 is 1.03 bits per heavy atom. The first-order valence-electron chi connectivity index (χ1n) is 9.59. The van der Waals surface area contributed by atoms with Gasteiger partial charge >= 0.3 is 206 Å². The summed E-state index contributed by atoms with van der Waals surface area (Å²) >= 11 is 16.6. The van der Waals surface area contributed by atoms with E-state index >= 15 is 0 Å². The summed E-state index contributed by atoms with van der Waals surface area (Å²) in [5.41, 5.74) is -0.906. The second-order valence-electron chi connectivity index (χ2n) is 7.53. The van der Waals surface area contributed by atoms with Crippen LogP contribution in [-0.2, 0) is 11.4 Å². The molecule has 32 heavy (non-hydrogen) atoms. The Morgan fingerprint density at radius 2 is 1.66 bits per heavy atom. The van der Waals surface area contributed by atoms with Gasteiger partial charge in [0.05, 0.1) is 0 Å². The van der Waals surface area contributed by atoms with Gasteiger partial charge in [0.1, 0.15) is 0 Å². The van der Waals surface area contributed by atoms with E-state index in [1.54, 1.807) is 0 Å². The predicted molar refractivity (Wildman–Crippen MR) is 119 cm³/mol. The zero-order chi connectivity index (χ0) is 23.7. The van der Waals surface area contributed by atoms with Crippen LogP contribution in [-0.4, -0.2) is 25.8 Å². The van der Waals surface area contributed by atoms with E-state index in [0.717, 1.165) is 30.6 Å². The third kappa shape index (κ3) is 7.86. The molecule has 2 nitrogen and oxygen atoms in total. The van der Waals surface area contributed by atoms with Gasteiger partial charge in [0.25, 0.3) is 0 Å². The fourth-order valence-electron chi connectivity index (χ4n) is 3.03. The molecule has 3 rings (SSSR count). The van der Waals surface area contributed by atoms with Crippen LogP contribution in [0.25, 0.3) is 0 Å². The van der Waals surface area contributed by atoms with E-state index in [0.29, 0.717) is 11.1 Å². The van der Waals surface area contributed by atoms with Crippen molar-refractivity contribution in [3.8, 4) is 0 Å². The molecule has 1 heterocycles. The van der Waals surface area contributed by atoms with Crippen molar-refractivity contribution in [2.24, 2.45) is 5.92 Å². The summed E-state index contributed by atoms with van der Waals surface area (Å²) in [6.07, 6.45) is -7.11. The number of nitrogens with one attached hydrogen (secondary N) is 1. The van der Waals surface area contributed by atoms with Gasteiger partial charge in [-0.15, -0.1) is 0 Å². The molecular weight excluding hydrogens is 584 g/mol. The van der Waals surface area contributed by atoms with Gasteiger partial charge < -0.3 is 0 Å². The average Bonchev–Trinajstić information content (AvgIpc) is 3.38. The Balaban J connectivity index is 1.84. The molecule has 0 spiro atoms. The molecule has 1 N–H and O–H groups in total. The maximum absolute atomic E-state index is 13.6. The molecule has 1 unspecified atom stereocenters. The number of anilines is 2. The van der Waals surface area contributed by atoms with Gasteiger partial charge in [0, 0.05) is 0 Å². The molecule has 13 heteroatoms. The number of thiazole rings is 1. The van der Waals surface area contributed by atoms with Crippen molar-refractivity contribution >= 4 is 71.6 Å². The van der Waals surface area contributed by atoms with Crippen LogP contribution in [0.5, 0.6) is 0 Å². The van der Waals surface area contributed by atoms with Crippen molar-refractivity contribution in [1.82, 2.24) is 4.98 Å².